The van der Waals surface area contributed by atoms with Crippen molar-refractivity contribution in [2.24, 2.45) is 5.73 Å². The Hall–Kier alpha value is -0.870. The number of carbonyl (C=O) groups excluding carboxylic acids is 1. The van der Waals surface area contributed by atoms with Gasteiger partial charge in [0.15, 0.2) is 0 Å². The third-order valence-electron chi connectivity index (χ3n) is 1.52. The highest BCUT2D eigenvalue weighted by atomic mass is 32.1. The number of aryl methyl sites for hydroxylation is 1. The van der Waals surface area contributed by atoms with Crippen molar-refractivity contribution in [1.82, 2.24) is 0 Å². The zero-order chi connectivity index (χ0) is 9.14. The van der Waals surface area contributed by atoms with Crippen LogP contribution in [-0.2, 0) is 9.53 Å². The highest BCUT2D eigenvalue weighted by molar-refractivity contribution is 7.12. The fourth-order valence-corrected chi connectivity index (χ4v) is 1.73. The predicted molar refractivity (Wildman–Crippen MR) is 48.0 cm³/mol. The second-order valence-electron chi connectivity index (χ2n) is 2.45. The lowest BCUT2D eigenvalue weighted by Crippen LogP contribution is -2.21. The van der Waals surface area contributed by atoms with Crippen LogP contribution in [0.15, 0.2) is 12.1 Å². The number of ether oxygens (including phenoxy) is 1. The number of thiophene rings is 1. The van der Waals surface area contributed by atoms with Crippen LogP contribution < -0.4 is 5.73 Å². The van der Waals surface area contributed by atoms with Crippen LogP contribution in [0.2, 0.25) is 0 Å². The molecule has 1 aromatic rings. The van der Waals surface area contributed by atoms with Gasteiger partial charge in [-0.25, -0.2) is 4.79 Å². The maximum absolute atomic E-state index is 11.0. The molecule has 0 aliphatic rings. The Morgan fingerprint density at radius 1 is 1.67 bits per heavy atom. The van der Waals surface area contributed by atoms with Gasteiger partial charge in [0.25, 0.3) is 0 Å². The van der Waals surface area contributed by atoms with Gasteiger partial charge in [-0.2, -0.15) is 0 Å². The predicted octanol–water partition coefficient (Wildman–Crippen LogP) is 1.23. The molecule has 0 amide bonds. The summed E-state index contributed by atoms with van der Waals surface area (Å²) in [5.74, 6) is -0.392. The Labute approximate surface area is 75.1 Å². The first kappa shape index (κ1) is 9.22. The van der Waals surface area contributed by atoms with Gasteiger partial charge in [0.1, 0.15) is 6.04 Å². The molecule has 0 aliphatic heterocycles. The first-order chi connectivity index (χ1) is 5.65. The molecule has 0 fully saturated rings. The summed E-state index contributed by atoms with van der Waals surface area (Å²) in [6.45, 7) is 1.97. The third-order valence-corrected chi connectivity index (χ3v) is 2.61. The molecule has 1 unspecified atom stereocenters. The topological polar surface area (TPSA) is 52.3 Å². The molecular formula is C8H11NO2S. The van der Waals surface area contributed by atoms with Gasteiger partial charge in [-0.1, -0.05) is 0 Å². The van der Waals surface area contributed by atoms with Crippen molar-refractivity contribution in [2.75, 3.05) is 7.11 Å². The van der Waals surface area contributed by atoms with Crippen molar-refractivity contribution in [3.63, 3.8) is 0 Å². The summed E-state index contributed by atoms with van der Waals surface area (Å²) >= 11 is 1.51. The Balaban J connectivity index is 2.77. The molecule has 2 N–H and O–H groups in total. The van der Waals surface area contributed by atoms with E-state index in [1.54, 1.807) is 0 Å². The van der Waals surface area contributed by atoms with Crippen LogP contribution in [0, 0.1) is 6.92 Å². The summed E-state index contributed by atoms with van der Waals surface area (Å²) < 4.78 is 4.52. The zero-order valence-corrected chi connectivity index (χ0v) is 7.85. The van der Waals surface area contributed by atoms with Gasteiger partial charge >= 0.3 is 5.97 Å². The van der Waals surface area contributed by atoms with Crippen LogP contribution in [0.1, 0.15) is 15.8 Å². The first-order valence-corrected chi connectivity index (χ1v) is 4.36. The summed E-state index contributed by atoms with van der Waals surface area (Å²) in [6, 6.07) is 3.15. The van der Waals surface area contributed by atoms with Crippen molar-refractivity contribution in [2.45, 2.75) is 13.0 Å². The standard InChI is InChI=1S/C8H11NO2S/c1-5-3-4-6(12-5)7(9)8(10)11-2/h3-4,7H,9H2,1-2H3. The summed E-state index contributed by atoms with van der Waals surface area (Å²) in [4.78, 5) is 13.0. The molecule has 0 aromatic carbocycles. The molecule has 12 heavy (non-hydrogen) atoms. The maximum atomic E-state index is 11.0. The average molecular weight is 185 g/mol. The average Bonchev–Trinajstić information content (AvgIpc) is 2.49. The number of carbonyl (C=O) groups is 1. The quantitative estimate of drug-likeness (QED) is 0.705. The van der Waals surface area contributed by atoms with Gasteiger partial charge in [0, 0.05) is 9.75 Å². The van der Waals surface area contributed by atoms with Crippen molar-refractivity contribution in [3.05, 3.63) is 21.9 Å². The minimum Gasteiger partial charge on any atom is -0.468 e. The molecule has 4 heteroatoms. The Morgan fingerprint density at radius 3 is 2.75 bits per heavy atom. The molecule has 1 atom stereocenters. The number of nitrogens with two attached hydrogens (primary N) is 1. The highest BCUT2D eigenvalue weighted by Crippen LogP contribution is 2.21. The lowest BCUT2D eigenvalue weighted by Gasteiger charge is -2.05. The molecule has 1 heterocycles. The molecule has 1 rings (SSSR count). The maximum Gasteiger partial charge on any atom is 0.328 e. The van der Waals surface area contributed by atoms with E-state index in [-0.39, 0.29) is 0 Å². The van der Waals surface area contributed by atoms with Gasteiger partial charge in [0.2, 0.25) is 0 Å². The first-order valence-electron chi connectivity index (χ1n) is 3.55. The van der Waals surface area contributed by atoms with Crippen LogP contribution in [0.4, 0.5) is 0 Å². The highest BCUT2D eigenvalue weighted by Gasteiger charge is 2.17. The van der Waals surface area contributed by atoms with E-state index < -0.39 is 12.0 Å². The summed E-state index contributed by atoms with van der Waals surface area (Å²) in [5.41, 5.74) is 5.60. The van der Waals surface area contributed by atoms with E-state index in [0.29, 0.717) is 0 Å². The van der Waals surface area contributed by atoms with Crippen molar-refractivity contribution in [3.8, 4) is 0 Å². The number of hydrogen-bond acceptors (Lipinski definition) is 4. The molecule has 0 bridgehead atoms. The second kappa shape index (κ2) is 3.69. The second-order valence-corrected chi connectivity index (χ2v) is 3.77. The van der Waals surface area contributed by atoms with E-state index in [0.717, 1.165) is 9.75 Å². The van der Waals surface area contributed by atoms with Gasteiger partial charge in [0.05, 0.1) is 7.11 Å². The van der Waals surface area contributed by atoms with Gasteiger partial charge < -0.3 is 10.5 Å². The lowest BCUT2D eigenvalue weighted by molar-refractivity contribution is -0.142. The summed E-state index contributed by atoms with van der Waals surface area (Å²) in [6.07, 6.45) is 0. The van der Waals surface area contributed by atoms with Crippen LogP contribution in [0.25, 0.3) is 0 Å². The minimum atomic E-state index is -0.631. The Kier molecular flexibility index (Phi) is 2.83. The largest absolute Gasteiger partial charge is 0.468 e. The number of methoxy groups -OCH3 is 1. The monoisotopic (exact) mass is 185 g/mol. The molecule has 0 saturated carbocycles. The molecule has 3 nitrogen and oxygen atoms in total. The van der Waals surface area contributed by atoms with Gasteiger partial charge in [-0.3, -0.25) is 0 Å². The van der Waals surface area contributed by atoms with Crippen molar-refractivity contribution < 1.29 is 9.53 Å². The zero-order valence-electron chi connectivity index (χ0n) is 7.03. The van der Waals surface area contributed by atoms with Crippen LogP contribution >= 0.6 is 11.3 Å². The van der Waals surface area contributed by atoms with Crippen molar-refractivity contribution >= 4 is 17.3 Å². The summed E-state index contributed by atoms with van der Waals surface area (Å²) in [7, 11) is 1.34. The SMILES string of the molecule is COC(=O)C(N)c1ccc(C)s1. The number of esters is 1. The molecule has 0 aliphatic carbocycles. The smallest absolute Gasteiger partial charge is 0.328 e. The molecule has 0 radical (unpaired) electrons. The molecular weight excluding hydrogens is 174 g/mol. The van der Waals surface area contributed by atoms with E-state index in [1.165, 1.54) is 18.4 Å². The Bertz CT molecular complexity index is 282. The molecule has 1 aromatic heterocycles. The third kappa shape index (κ3) is 1.84. The summed E-state index contributed by atoms with van der Waals surface area (Å²) in [5, 5.41) is 0. The fraction of sp³-hybridized carbons (Fsp3) is 0.375. The van der Waals surface area contributed by atoms with E-state index in [4.69, 9.17) is 5.73 Å². The van der Waals surface area contributed by atoms with Crippen LogP contribution in [-0.4, -0.2) is 13.1 Å². The minimum absolute atomic E-state index is 0.392. The van der Waals surface area contributed by atoms with Crippen LogP contribution in [0.5, 0.6) is 0 Å². The van der Waals surface area contributed by atoms with E-state index in [9.17, 15) is 4.79 Å². The fourth-order valence-electron chi connectivity index (χ4n) is 0.864. The van der Waals surface area contributed by atoms with E-state index in [1.807, 2.05) is 19.1 Å². The molecule has 66 valence electrons. The number of rotatable bonds is 2. The normalized spacial score (nSPS) is 12.6. The van der Waals surface area contributed by atoms with E-state index >= 15 is 0 Å². The molecule has 0 spiro atoms. The van der Waals surface area contributed by atoms with Gasteiger partial charge in [-0.05, 0) is 19.1 Å². The van der Waals surface area contributed by atoms with E-state index in [2.05, 4.69) is 4.74 Å². The van der Waals surface area contributed by atoms with Gasteiger partial charge in [-0.15, -0.1) is 11.3 Å². The lowest BCUT2D eigenvalue weighted by atomic mass is 10.2. The number of hydrogen-bond donors (Lipinski definition) is 1. The van der Waals surface area contributed by atoms with Crippen molar-refractivity contribution in [1.29, 1.82) is 0 Å². The van der Waals surface area contributed by atoms with Crippen LogP contribution in [0.3, 0.4) is 0 Å². The Morgan fingerprint density at radius 2 is 2.33 bits per heavy atom. The molecule has 0 saturated heterocycles.